The molecule has 2 fully saturated rings. The number of piperidine rings is 1. The maximum atomic E-state index is 12.0. The lowest BCUT2D eigenvalue weighted by molar-refractivity contribution is 0.0973. The van der Waals surface area contributed by atoms with E-state index in [-0.39, 0.29) is 6.09 Å². The summed E-state index contributed by atoms with van der Waals surface area (Å²) >= 11 is 0. The van der Waals surface area contributed by atoms with E-state index in [1.54, 1.807) is 0 Å². The van der Waals surface area contributed by atoms with Gasteiger partial charge in [-0.3, -0.25) is 0 Å². The molecule has 1 saturated carbocycles. The van der Waals surface area contributed by atoms with Crippen molar-refractivity contribution in [2.75, 3.05) is 27.2 Å². The van der Waals surface area contributed by atoms with E-state index in [1.165, 1.54) is 0 Å². The van der Waals surface area contributed by atoms with E-state index >= 15 is 0 Å². The maximum absolute atomic E-state index is 12.0. The van der Waals surface area contributed by atoms with Crippen molar-refractivity contribution in [1.29, 1.82) is 0 Å². The molecule has 0 bridgehead atoms. The van der Waals surface area contributed by atoms with Crippen molar-refractivity contribution in [3.05, 3.63) is 35.9 Å². The molecule has 1 aromatic rings. The van der Waals surface area contributed by atoms with Crippen LogP contribution in [0.4, 0.5) is 4.79 Å². The third kappa shape index (κ3) is 2.45. The fraction of sp³-hybridized carbons (Fsp3) is 0.533. The molecule has 3 rings (SSSR count). The van der Waals surface area contributed by atoms with Gasteiger partial charge in [0, 0.05) is 19.1 Å². The minimum Gasteiger partial charge on any atom is -0.445 e. The van der Waals surface area contributed by atoms with E-state index in [1.807, 2.05) is 35.2 Å². The molecule has 19 heavy (non-hydrogen) atoms. The highest BCUT2D eigenvalue weighted by Crippen LogP contribution is 2.48. The zero-order valence-electron chi connectivity index (χ0n) is 11.5. The minimum atomic E-state index is -0.173. The minimum absolute atomic E-state index is 0.173. The van der Waals surface area contributed by atoms with Gasteiger partial charge in [0.2, 0.25) is 0 Å². The van der Waals surface area contributed by atoms with Gasteiger partial charge in [0.15, 0.2) is 0 Å². The van der Waals surface area contributed by atoms with E-state index in [9.17, 15) is 4.79 Å². The fourth-order valence-corrected chi connectivity index (χ4v) is 3.22. The molecule has 0 spiro atoms. The smallest absolute Gasteiger partial charge is 0.410 e. The summed E-state index contributed by atoms with van der Waals surface area (Å²) in [5, 5.41) is 0. The highest BCUT2D eigenvalue weighted by Gasteiger charge is 2.57. The van der Waals surface area contributed by atoms with Crippen molar-refractivity contribution in [1.82, 2.24) is 9.80 Å². The predicted molar refractivity (Wildman–Crippen MR) is 72.7 cm³/mol. The number of fused-ring (bicyclic) bond motifs is 1. The fourth-order valence-electron chi connectivity index (χ4n) is 3.22. The molecular formula is C15H20N2O2. The Balaban J connectivity index is 1.46. The van der Waals surface area contributed by atoms with Crippen LogP contribution in [0.5, 0.6) is 0 Å². The van der Waals surface area contributed by atoms with E-state index in [0.717, 1.165) is 18.7 Å². The number of carbonyl (C=O) groups excluding carboxylic acids is 1. The molecule has 1 saturated heterocycles. The lowest BCUT2D eigenvalue weighted by Gasteiger charge is -2.21. The third-order valence-corrected chi connectivity index (χ3v) is 4.21. The molecule has 0 radical (unpaired) electrons. The summed E-state index contributed by atoms with van der Waals surface area (Å²) in [5.74, 6) is 1.30. The number of nitrogens with zero attached hydrogens (tertiary/aromatic N) is 2. The first-order valence-electron chi connectivity index (χ1n) is 6.79. The highest BCUT2D eigenvalue weighted by molar-refractivity contribution is 5.68. The van der Waals surface area contributed by atoms with Gasteiger partial charge in [0.05, 0.1) is 0 Å². The molecule has 1 amide bonds. The Bertz CT molecular complexity index is 448. The molecule has 1 aliphatic heterocycles. The molecule has 2 aliphatic rings. The standard InChI is InChI=1S/C15H20N2O2/c1-16(2)14-12-8-17(9-13(12)14)15(18)19-10-11-6-4-3-5-7-11/h3-7,12-14H,8-10H2,1-2H3. The molecule has 4 heteroatoms. The van der Waals surface area contributed by atoms with Gasteiger partial charge >= 0.3 is 6.09 Å². The first-order chi connectivity index (χ1) is 9.16. The number of ether oxygens (including phenoxy) is 1. The second-order valence-electron chi connectivity index (χ2n) is 5.73. The van der Waals surface area contributed by atoms with Crippen LogP contribution in [0.3, 0.4) is 0 Å². The molecule has 1 aliphatic carbocycles. The Morgan fingerprint density at radius 3 is 2.47 bits per heavy atom. The topological polar surface area (TPSA) is 32.8 Å². The number of rotatable bonds is 3. The van der Waals surface area contributed by atoms with Crippen LogP contribution < -0.4 is 0 Å². The molecule has 1 aromatic carbocycles. The van der Waals surface area contributed by atoms with Crippen molar-refractivity contribution >= 4 is 6.09 Å². The Labute approximate surface area is 113 Å². The van der Waals surface area contributed by atoms with Crippen molar-refractivity contribution in [3.63, 3.8) is 0 Å². The van der Waals surface area contributed by atoms with Crippen molar-refractivity contribution < 1.29 is 9.53 Å². The average molecular weight is 260 g/mol. The second kappa shape index (κ2) is 4.85. The van der Waals surface area contributed by atoms with Crippen molar-refractivity contribution in [2.24, 2.45) is 11.8 Å². The van der Waals surface area contributed by atoms with E-state index in [0.29, 0.717) is 24.5 Å². The summed E-state index contributed by atoms with van der Waals surface area (Å²) in [6, 6.07) is 10.5. The van der Waals surface area contributed by atoms with Gasteiger partial charge in [-0.1, -0.05) is 30.3 Å². The van der Waals surface area contributed by atoms with Crippen LogP contribution in [0.2, 0.25) is 0 Å². The second-order valence-corrected chi connectivity index (χ2v) is 5.73. The summed E-state index contributed by atoms with van der Waals surface area (Å²) in [6.45, 7) is 2.06. The lowest BCUT2D eigenvalue weighted by Crippen LogP contribution is -2.35. The summed E-state index contributed by atoms with van der Waals surface area (Å²) in [4.78, 5) is 16.1. The average Bonchev–Trinajstić information content (AvgIpc) is 2.93. The predicted octanol–water partition coefficient (Wildman–Crippen LogP) is 1.81. The normalized spacial score (nSPS) is 28.4. The summed E-state index contributed by atoms with van der Waals surface area (Å²) < 4.78 is 5.35. The van der Waals surface area contributed by atoms with Gasteiger partial charge in [-0.05, 0) is 31.5 Å². The van der Waals surface area contributed by atoms with Crippen LogP contribution in [0.1, 0.15) is 5.56 Å². The Kier molecular flexibility index (Phi) is 3.19. The third-order valence-electron chi connectivity index (χ3n) is 4.21. The summed E-state index contributed by atoms with van der Waals surface area (Å²) in [5.41, 5.74) is 1.03. The largest absolute Gasteiger partial charge is 0.445 e. The molecule has 0 aromatic heterocycles. The van der Waals surface area contributed by atoms with Gasteiger partial charge in [-0.25, -0.2) is 4.79 Å². The monoisotopic (exact) mass is 260 g/mol. The van der Waals surface area contributed by atoms with Gasteiger partial charge in [0.1, 0.15) is 6.61 Å². The SMILES string of the molecule is CN(C)C1C2CN(C(=O)OCc3ccccc3)CC21. The Morgan fingerprint density at radius 2 is 1.89 bits per heavy atom. The van der Waals surface area contributed by atoms with E-state index < -0.39 is 0 Å². The van der Waals surface area contributed by atoms with Crippen LogP contribution >= 0.6 is 0 Å². The number of amides is 1. The van der Waals surface area contributed by atoms with Gasteiger partial charge in [-0.2, -0.15) is 0 Å². The molecular weight excluding hydrogens is 240 g/mol. The lowest BCUT2D eigenvalue weighted by atomic mass is 10.2. The van der Waals surface area contributed by atoms with Gasteiger partial charge < -0.3 is 14.5 Å². The maximum Gasteiger partial charge on any atom is 0.410 e. The van der Waals surface area contributed by atoms with E-state index in [2.05, 4.69) is 19.0 Å². The zero-order chi connectivity index (χ0) is 13.4. The van der Waals surface area contributed by atoms with Crippen LogP contribution in [0.25, 0.3) is 0 Å². The first-order valence-corrected chi connectivity index (χ1v) is 6.79. The quantitative estimate of drug-likeness (QED) is 0.831. The Morgan fingerprint density at radius 1 is 1.26 bits per heavy atom. The number of hydrogen-bond donors (Lipinski definition) is 0. The number of likely N-dealkylation sites (tertiary alicyclic amines) is 1. The summed E-state index contributed by atoms with van der Waals surface area (Å²) in [7, 11) is 4.22. The number of benzene rings is 1. The van der Waals surface area contributed by atoms with Gasteiger partial charge in [0.25, 0.3) is 0 Å². The van der Waals surface area contributed by atoms with Crippen LogP contribution in [0.15, 0.2) is 30.3 Å². The molecule has 1 heterocycles. The summed E-state index contributed by atoms with van der Waals surface area (Å²) in [6.07, 6.45) is -0.173. The number of hydrogen-bond acceptors (Lipinski definition) is 3. The molecule has 2 atom stereocenters. The van der Waals surface area contributed by atoms with Crippen LogP contribution in [0, 0.1) is 11.8 Å². The molecule has 102 valence electrons. The zero-order valence-corrected chi connectivity index (χ0v) is 11.5. The van der Waals surface area contributed by atoms with Crippen LogP contribution in [-0.2, 0) is 11.3 Å². The molecule has 4 nitrogen and oxygen atoms in total. The van der Waals surface area contributed by atoms with Crippen molar-refractivity contribution in [2.45, 2.75) is 12.6 Å². The molecule has 0 N–H and O–H groups in total. The Hall–Kier alpha value is -1.55. The number of carbonyl (C=O) groups is 1. The van der Waals surface area contributed by atoms with E-state index in [4.69, 9.17) is 4.74 Å². The molecule has 2 unspecified atom stereocenters. The highest BCUT2D eigenvalue weighted by atomic mass is 16.6. The van der Waals surface area contributed by atoms with Crippen LogP contribution in [-0.4, -0.2) is 49.1 Å². The van der Waals surface area contributed by atoms with Gasteiger partial charge in [-0.15, -0.1) is 0 Å². The first kappa shape index (κ1) is 12.5. The van der Waals surface area contributed by atoms with Crippen molar-refractivity contribution in [3.8, 4) is 0 Å².